The van der Waals surface area contributed by atoms with Gasteiger partial charge >= 0.3 is 43.6 Å². The summed E-state index contributed by atoms with van der Waals surface area (Å²) in [4.78, 5) is 19.6. The Morgan fingerprint density at radius 2 is 2.10 bits per heavy atom. The minimum atomic E-state index is -2.39. The molecule has 0 bridgehead atoms. The van der Waals surface area contributed by atoms with Gasteiger partial charge in [0.1, 0.15) is 6.16 Å². The van der Waals surface area contributed by atoms with Crippen molar-refractivity contribution in [3.8, 4) is 0 Å². The Morgan fingerprint density at radius 3 is 2.40 bits per heavy atom. The average molecular weight is 173 g/mol. The zero-order valence-corrected chi connectivity index (χ0v) is 8.63. The summed E-state index contributed by atoms with van der Waals surface area (Å²) in [6.45, 7) is 0. The molecule has 0 aromatic rings. The van der Waals surface area contributed by atoms with Gasteiger partial charge in [0, 0.05) is 12.8 Å². The molecule has 6 heteroatoms. The zero-order valence-electron chi connectivity index (χ0n) is 5.74. The molecule has 0 spiro atoms. The van der Waals surface area contributed by atoms with Gasteiger partial charge in [0.15, 0.2) is 0 Å². The quantitative estimate of drug-likeness (QED) is 0.362. The van der Waals surface area contributed by atoms with Crippen molar-refractivity contribution < 1.29 is 48.9 Å². The molecule has 1 unspecified atom stereocenters. The average Bonchev–Trinajstić information content (AvgIpc) is 1.63. The fourth-order valence-corrected chi connectivity index (χ4v) is 0.776. The summed E-state index contributed by atoms with van der Waals surface area (Å²) in [6, 6.07) is 0. The molecule has 0 fully saturated rings. The number of hydrogen-bond acceptors (Lipinski definition) is 3. The van der Waals surface area contributed by atoms with Gasteiger partial charge in [-0.1, -0.05) is 4.57 Å². The van der Waals surface area contributed by atoms with Crippen molar-refractivity contribution in [2.45, 2.75) is 12.8 Å². The van der Waals surface area contributed by atoms with Gasteiger partial charge in [-0.25, -0.2) is 0 Å². The summed E-state index contributed by atoms with van der Waals surface area (Å²) < 4.78 is 9.82. The van der Waals surface area contributed by atoms with Crippen molar-refractivity contribution in [1.82, 2.24) is 0 Å². The van der Waals surface area contributed by atoms with Gasteiger partial charge in [-0.15, -0.1) is 0 Å². The molecule has 0 aliphatic carbocycles. The Hall–Kier alpha value is 0.530. The van der Waals surface area contributed by atoms with Crippen LogP contribution in [0.1, 0.15) is 12.8 Å². The Balaban J connectivity index is 0. The summed E-state index contributed by atoms with van der Waals surface area (Å²) in [5, 5.41) is 8.03. The molecule has 10 heavy (non-hydrogen) atoms. The standard InChI is InChI=1S/C4H7O4P.Na/c5-4(6)2-1-3-9(7)8;/h1-3H2,(H,5,6);/q;+1. The molecule has 0 saturated carbocycles. The molecule has 0 heterocycles. The minimum Gasteiger partial charge on any atom is -0.596 e. The number of carbonyl (C=O) groups is 1. The van der Waals surface area contributed by atoms with Crippen LogP contribution >= 0.6 is 8.03 Å². The van der Waals surface area contributed by atoms with Gasteiger partial charge in [-0.2, -0.15) is 0 Å². The summed E-state index contributed by atoms with van der Waals surface area (Å²) in [6.07, 6.45) is 0.124. The first-order valence-corrected chi connectivity index (χ1v) is 3.83. The van der Waals surface area contributed by atoms with Crippen LogP contribution in [-0.2, 0) is 9.36 Å². The first kappa shape index (κ1) is 13.1. The van der Waals surface area contributed by atoms with E-state index in [1.54, 1.807) is 0 Å². The molecular weight excluding hydrogens is 166 g/mol. The third-order valence-electron chi connectivity index (χ3n) is 0.731. The molecule has 0 saturated heterocycles. The monoisotopic (exact) mass is 173 g/mol. The van der Waals surface area contributed by atoms with Gasteiger partial charge in [0.05, 0.1) is 0 Å². The number of hydrogen-bond donors (Lipinski definition) is 1. The fraction of sp³-hybridized carbons (Fsp3) is 0.750. The number of carboxylic acids is 1. The van der Waals surface area contributed by atoms with Crippen LogP contribution in [0.4, 0.5) is 0 Å². The molecule has 4 nitrogen and oxygen atoms in total. The van der Waals surface area contributed by atoms with Crippen LogP contribution in [0.3, 0.4) is 0 Å². The minimum absolute atomic E-state index is 0. The molecular formula is C4H7NaO4P+. The van der Waals surface area contributed by atoms with E-state index in [9.17, 15) is 14.3 Å². The summed E-state index contributed by atoms with van der Waals surface area (Å²) >= 11 is 0. The first-order chi connectivity index (χ1) is 4.13. The first-order valence-electron chi connectivity index (χ1n) is 2.46. The van der Waals surface area contributed by atoms with Crippen LogP contribution in [-0.4, -0.2) is 17.2 Å². The fourth-order valence-electron chi connectivity index (χ4n) is 0.359. The SMILES string of the molecule is O=C(O)CCC[P+](=O)[O-].[Na+]. The topological polar surface area (TPSA) is 77.4 Å². The summed E-state index contributed by atoms with van der Waals surface area (Å²) in [5.74, 6) is -0.952. The van der Waals surface area contributed by atoms with E-state index in [4.69, 9.17) is 5.11 Å². The molecule has 0 aliphatic heterocycles. The molecule has 1 atom stereocenters. The predicted octanol–water partition coefficient (Wildman–Crippen LogP) is -3.04. The van der Waals surface area contributed by atoms with Crippen molar-refractivity contribution in [3.05, 3.63) is 0 Å². The number of rotatable bonds is 4. The predicted molar refractivity (Wildman–Crippen MR) is 29.3 cm³/mol. The maximum absolute atomic E-state index is 9.82. The number of carboxylic acid groups (broad SMARTS) is 1. The molecule has 0 aromatic carbocycles. The van der Waals surface area contributed by atoms with Gasteiger partial charge in [0.25, 0.3) is 0 Å². The Bertz CT molecular complexity index is 112. The van der Waals surface area contributed by atoms with E-state index in [0.717, 1.165) is 0 Å². The van der Waals surface area contributed by atoms with Crippen molar-refractivity contribution >= 4 is 14.0 Å². The molecule has 1 N–H and O–H groups in total. The van der Waals surface area contributed by atoms with Crippen LogP contribution in [0, 0.1) is 0 Å². The van der Waals surface area contributed by atoms with Crippen LogP contribution < -0.4 is 34.5 Å². The Labute approximate surface area is 81.8 Å². The van der Waals surface area contributed by atoms with E-state index >= 15 is 0 Å². The van der Waals surface area contributed by atoms with Gasteiger partial charge < -0.3 is 10.00 Å². The van der Waals surface area contributed by atoms with Crippen molar-refractivity contribution in [1.29, 1.82) is 0 Å². The molecule has 52 valence electrons. The third-order valence-corrected chi connectivity index (χ3v) is 1.41. The second-order valence-electron chi connectivity index (χ2n) is 1.55. The maximum Gasteiger partial charge on any atom is 1.00 e. The Kier molecular flexibility index (Phi) is 10.0. The van der Waals surface area contributed by atoms with E-state index in [0.29, 0.717) is 0 Å². The molecule has 0 aliphatic rings. The van der Waals surface area contributed by atoms with Crippen molar-refractivity contribution in [2.75, 3.05) is 6.16 Å². The van der Waals surface area contributed by atoms with Crippen molar-refractivity contribution in [2.24, 2.45) is 0 Å². The number of aliphatic carboxylic acids is 1. The zero-order chi connectivity index (χ0) is 7.28. The molecule has 0 rings (SSSR count). The van der Waals surface area contributed by atoms with Gasteiger partial charge in [-0.05, 0) is 0 Å². The third kappa shape index (κ3) is 11.3. The second-order valence-corrected chi connectivity index (χ2v) is 2.67. The van der Waals surface area contributed by atoms with Crippen molar-refractivity contribution in [3.63, 3.8) is 0 Å². The second kappa shape index (κ2) is 7.63. The van der Waals surface area contributed by atoms with Gasteiger partial charge in [0.2, 0.25) is 0 Å². The molecule has 0 radical (unpaired) electrons. The molecule has 0 amide bonds. The van der Waals surface area contributed by atoms with Crippen LogP contribution in [0.5, 0.6) is 0 Å². The smallest absolute Gasteiger partial charge is 0.596 e. The Morgan fingerprint density at radius 1 is 1.60 bits per heavy atom. The van der Waals surface area contributed by atoms with E-state index in [-0.39, 0.29) is 48.6 Å². The normalized spacial score (nSPS) is 9.90. The van der Waals surface area contributed by atoms with Crippen LogP contribution in [0.15, 0.2) is 0 Å². The summed E-state index contributed by atoms with van der Waals surface area (Å²) in [7, 11) is -2.39. The van der Waals surface area contributed by atoms with Crippen LogP contribution in [0.25, 0.3) is 0 Å². The summed E-state index contributed by atoms with van der Waals surface area (Å²) in [5.41, 5.74) is 0. The largest absolute Gasteiger partial charge is 1.00 e. The van der Waals surface area contributed by atoms with Crippen LogP contribution in [0.2, 0.25) is 0 Å². The van der Waals surface area contributed by atoms with E-state index in [1.165, 1.54) is 0 Å². The van der Waals surface area contributed by atoms with E-state index in [1.807, 2.05) is 0 Å². The maximum atomic E-state index is 9.82. The molecule has 0 aromatic heterocycles. The van der Waals surface area contributed by atoms with Gasteiger partial charge in [-0.3, -0.25) is 4.79 Å². The van der Waals surface area contributed by atoms with E-state index in [2.05, 4.69) is 0 Å². The van der Waals surface area contributed by atoms with E-state index < -0.39 is 14.0 Å².